The molecular weight excluding hydrogens is 337 g/mol. The van der Waals surface area contributed by atoms with Gasteiger partial charge >= 0.3 is 6.09 Å². The highest BCUT2D eigenvalue weighted by Gasteiger charge is 2.56. The smallest absolute Gasteiger partial charge is 0.410 e. The summed E-state index contributed by atoms with van der Waals surface area (Å²) in [5.74, 6) is -0.498. The number of hydrogen-bond acceptors (Lipinski definition) is 4. The SMILES string of the molecule is CC(C)(C)OC(=O)N1CCO[C@@H](c2ccc(Cl)c(F)c2)[C@]2(CO2)C1. The van der Waals surface area contributed by atoms with Gasteiger partial charge in [-0.05, 0) is 38.5 Å². The highest BCUT2D eigenvalue weighted by Crippen LogP contribution is 2.45. The van der Waals surface area contributed by atoms with Crippen molar-refractivity contribution >= 4 is 17.7 Å². The van der Waals surface area contributed by atoms with Gasteiger partial charge in [-0.2, -0.15) is 0 Å². The van der Waals surface area contributed by atoms with Gasteiger partial charge in [0.05, 0.1) is 24.8 Å². The maximum atomic E-state index is 13.8. The highest BCUT2D eigenvalue weighted by atomic mass is 35.5. The highest BCUT2D eigenvalue weighted by molar-refractivity contribution is 6.30. The summed E-state index contributed by atoms with van der Waals surface area (Å²) in [5.41, 5.74) is -0.575. The molecule has 2 saturated heterocycles. The Morgan fingerprint density at radius 1 is 1.46 bits per heavy atom. The zero-order valence-corrected chi connectivity index (χ0v) is 14.7. The third-order valence-electron chi connectivity index (χ3n) is 4.00. The molecule has 0 N–H and O–H groups in total. The Kier molecular flexibility index (Phi) is 4.49. The van der Waals surface area contributed by atoms with Crippen LogP contribution in [0.3, 0.4) is 0 Å². The molecule has 24 heavy (non-hydrogen) atoms. The van der Waals surface area contributed by atoms with Crippen molar-refractivity contribution < 1.29 is 23.4 Å². The second-order valence-corrected chi connectivity index (χ2v) is 7.59. The number of nitrogens with zero attached hydrogens (tertiary/aromatic N) is 1. The van der Waals surface area contributed by atoms with Crippen molar-refractivity contribution in [2.24, 2.45) is 0 Å². The summed E-state index contributed by atoms with van der Waals surface area (Å²) in [6.45, 7) is 6.97. The van der Waals surface area contributed by atoms with Crippen LogP contribution in [0.1, 0.15) is 32.4 Å². The number of benzene rings is 1. The van der Waals surface area contributed by atoms with Gasteiger partial charge in [-0.3, -0.25) is 0 Å². The molecule has 2 fully saturated rings. The molecule has 0 aliphatic carbocycles. The van der Waals surface area contributed by atoms with E-state index in [9.17, 15) is 9.18 Å². The van der Waals surface area contributed by atoms with Gasteiger partial charge in [0, 0.05) is 6.54 Å². The van der Waals surface area contributed by atoms with E-state index in [1.54, 1.807) is 11.0 Å². The van der Waals surface area contributed by atoms with Crippen LogP contribution in [0.5, 0.6) is 0 Å². The average molecular weight is 358 g/mol. The fourth-order valence-electron chi connectivity index (χ4n) is 2.81. The predicted octanol–water partition coefficient (Wildman–Crippen LogP) is 3.56. The molecule has 132 valence electrons. The van der Waals surface area contributed by atoms with Gasteiger partial charge in [0.2, 0.25) is 0 Å². The van der Waals surface area contributed by atoms with Crippen LogP contribution in [-0.2, 0) is 14.2 Å². The van der Waals surface area contributed by atoms with Crippen molar-refractivity contribution in [2.45, 2.75) is 38.1 Å². The fourth-order valence-corrected chi connectivity index (χ4v) is 2.93. The molecule has 3 rings (SSSR count). The molecule has 0 radical (unpaired) electrons. The molecule has 1 aromatic rings. The summed E-state index contributed by atoms with van der Waals surface area (Å²) in [5, 5.41) is 0.0634. The molecule has 1 amide bonds. The molecule has 2 aliphatic heterocycles. The van der Waals surface area contributed by atoms with Gasteiger partial charge in [-0.15, -0.1) is 0 Å². The van der Waals surface area contributed by atoms with E-state index in [-0.39, 0.29) is 5.02 Å². The summed E-state index contributed by atoms with van der Waals surface area (Å²) in [4.78, 5) is 13.9. The molecule has 0 aromatic heterocycles. The van der Waals surface area contributed by atoms with E-state index in [1.807, 2.05) is 20.8 Å². The first-order chi connectivity index (χ1) is 11.2. The zero-order chi connectivity index (χ0) is 17.5. The lowest BCUT2D eigenvalue weighted by Crippen LogP contribution is -2.43. The van der Waals surface area contributed by atoms with E-state index in [0.29, 0.717) is 31.9 Å². The van der Waals surface area contributed by atoms with Crippen LogP contribution < -0.4 is 0 Å². The molecular formula is C17H21ClFNO4. The maximum absolute atomic E-state index is 13.8. The van der Waals surface area contributed by atoms with Crippen LogP contribution >= 0.6 is 11.6 Å². The van der Waals surface area contributed by atoms with Crippen molar-refractivity contribution in [3.05, 3.63) is 34.6 Å². The van der Waals surface area contributed by atoms with Crippen LogP contribution in [0.4, 0.5) is 9.18 Å². The van der Waals surface area contributed by atoms with Crippen LogP contribution in [0.2, 0.25) is 5.02 Å². The van der Waals surface area contributed by atoms with Crippen LogP contribution in [0, 0.1) is 5.82 Å². The third-order valence-corrected chi connectivity index (χ3v) is 4.30. The van der Waals surface area contributed by atoms with E-state index in [2.05, 4.69) is 0 Å². The number of halogens is 2. The number of epoxide rings is 1. The van der Waals surface area contributed by atoms with E-state index in [0.717, 1.165) is 0 Å². The first-order valence-corrected chi connectivity index (χ1v) is 8.26. The third kappa shape index (κ3) is 3.66. The number of carbonyl (C=O) groups is 1. The predicted molar refractivity (Wildman–Crippen MR) is 86.6 cm³/mol. The number of rotatable bonds is 1. The molecule has 7 heteroatoms. The number of carbonyl (C=O) groups excluding carboxylic acids is 1. The van der Waals surface area contributed by atoms with Crippen molar-refractivity contribution in [1.82, 2.24) is 4.90 Å². The monoisotopic (exact) mass is 357 g/mol. The molecule has 1 spiro atoms. The van der Waals surface area contributed by atoms with Crippen molar-refractivity contribution in [2.75, 3.05) is 26.3 Å². The fraction of sp³-hybridized carbons (Fsp3) is 0.588. The van der Waals surface area contributed by atoms with Crippen LogP contribution in [0.15, 0.2) is 18.2 Å². The Morgan fingerprint density at radius 3 is 2.75 bits per heavy atom. The van der Waals surface area contributed by atoms with E-state index in [1.165, 1.54) is 12.1 Å². The van der Waals surface area contributed by atoms with Gasteiger partial charge in [0.25, 0.3) is 0 Å². The van der Waals surface area contributed by atoms with Crippen LogP contribution in [-0.4, -0.2) is 48.5 Å². The quantitative estimate of drug-likeness (QED) is 0.721. The van der Waals surface area contributed by atoms with E-state index in [4.69, 9.17) is 25.8 Å². The summed E-state index contributed by atoms with van der Waals surface area (Å²) >= 11 is 5.75. The first kappa shape index (κ1) is 17.5. The van der Waals surface area contributed by atoms with E-state index >= 15 is 0 Å². The maximum Gasteiger partial charge on any atom is 0.410 e. The Bertz CT molecular complexity index is 642. The minimum absolute atomic E-state index is 0.0634. The lowest BCUT2D eigenvalue weighted by molar-refractivity contribution is 0.0131. The van der Waals surface area contributed by atoms with Crippen LogP contribution in [0.25, 0.3) is 0 Å². The van der Waals surface area contributed by atoms with Gasteiger partial charge in [-0.25, -0.2) is 9.18 Å². The Morgan fingerprint density at radius 2 is 2.17 bits per heavy atom. The molecule has 0 bridgehead atoms. The van der Waals surface area contributed by atoms with Crippen molar-refractivity contribution in [3.63, 3.8) is 0 Å². The summed E-state index contributed by atoms with van der Waals surface area (Å²) in [6, 6.07) is 4.59. The average Bonchev–Trinajstić information content (AvgIpc) is 3.27. The van der Waals surface area contributed by atoms with E-state index < -0.39 is 29.2 Å². The molecule has 2 aliphatic rings. The summed E-state index contributed by atoms with van der Waals surface area (Å²) < 4.78 is 30.7. The second-order valence-electron chi connectivity index (χ2n) is 7.18. The molecule has 1 aromatic carbocycles. The lowest BCUT2D eigenvalue weighted by atomic mass is 9.95. The van der Waals surface area contributed by atoms with Crippen molar-refractivity contribution in [3.8, 4) is 0 Å². The minimum Gasteiger partial charge on any atom is -0.444 e. The van der Waals surface area contributed by atoms with Gasteiger partial charge in [0.15, 0.2) is 0 Å². The molecule has 2 heterocycles. The normalized spacial score (nSPS) is 27.0. The largest absolute Gasteiger partial charge is 0.444 e. The summed E-state index contributed by atoms with van der Waals surface area (Å²) in [6.07, 6.45) is -0.847. The number of hydrogen-bond donors (Lipinski definition) is 0. The number of amides is 1. The molecule has 0 saturated carbocycles. The molecule has 0 unspecified atom stereocenters. The lowest BCUT2D eigenvalue weighted by Gasteiger charge is -2.28. The van der Waals surface area contributed by atoms with Crippen molar-refractivity contribution in [1.29, 1.82) is 0 Å². The Hall–Kier alpha value is -1.37. The first-order valence-electron chi connectivity index (χ1n) is 7.89. The zero-order valence-electron chi connectivity index (χ0n) is 14.0. The molecule has 5 nitrogen and oxygen atoms in total. The Balaban J connectivity index is 1.79. The molecule has 2 atom stereocenters. The number of ether oxygens (including phenoxy) is 3. The van der Waals surface area contributed by atoms with Gasteiger partial charge < -0.3 is 19.1 Å². The topological polar surface area (TPSA) is 51.3 Å². The van der Waals surface area contributed by atoms with Gasteiger partial charge in [-0.1, -0.05) is 17.7 Å². The second kappa shape index (κ2) is 6.17. The standard InChI is InChI=1S/C17H21ClFNO4/c1-16(2,3)24-15(21)20-6-7-22-14(17(9-20)10-23-17)11-4-5-12(18)13(19)8-11/h4-5,8,14H,6-7,9-10H2,1-3H3/t14-,17+/m0/s1. The van der Waals surface area contributed by atoms with Gasteiger partial charge in [0.1, 0.15) is 23.1 Å². The minimum atomic E-state index is -0.659. The Labute approximate surface area is 145 Å². The summed E-state index contributed by atoms with van der Waals surface area (Å²) in [7, 11) is 0.